The Bertz CT molecular complexity index is 1990. The molecule has 0 amide bonds. The van der Waals surface area contributed by atoms with E-state index in [1.54, 1.807) is 12.4 Å². The van der Waals surface area contributed by atoms with E-state index in [-0.39, 0.29) is 0 Å². The topological polar surface area (TPSA) is 49.6 Å². The molecule has 0 atom stereocenters. The lowest BCUT2D eigenvalue weighted by molar-refractivity contribution is 1.28. The molecule has 0 saturated carbocycles. The first-order valence-corrected chi connectivity index (χ1v) is 12.5. The van der Waals surface area contributed by atoms with Crippen LogP contribution in [0.25, 0.3) is 65.7 Å². The van der Waals surface area contributed by atoms with Crippen LogP contribution in [0.5, 0.6) is 0 Å². The fraction of sp³-hybridized carbons (Fsp3) is 0. The lowest BCUT2D eigenvalue weighted by Gasteiger charge is -2.19. The molecule has 0 spiro atoms. The van der Waals surface area contributed by atoms with Gasteiger partial charge in [0.15, 0.2) is 0 Å². The SMILES string of the molecule is N#Cc1cncc(-c2cncc(-c3c4ccccc4c(-c4cccc5ccccc45)c4ccccc34)c2)c1. The van der Waals surface area contributed by atoms with Crippen molar-refractivity contribution in [3.63, 3.8) is 0 Å². The van der Waals surface area contributed by atoms with Crippen LogP contribution in [0.15, 0.2) is 128 Å². The van der Waals surface area contributed by atoms with Crippen molar-refractivity contribution in [1.82, 2.24) is 9.97 Å². The molecule has 0 bridgehead atoms. The van der Waals surface area contributed by atoms with Gasteiger partial charge in [0.25, 0.3) is 0 Å². The summed E-state index contributed by atoms with van der Waals surface area (Å²) in [7, 11) is 0. The molecule has 0 unspecified atom stereocenters. The summed E-state index contributed by atoms with van der Waals surface area (Å²) in [4.78, 5) is 8.87. The number of hydrogen-bond donors (Lipinski definition) is 0. The molecule has 5 aromatic carbocycles. The van der Waals surface area contributed by atoms with Gasteiger partial charge in [-0.25, -0.2) is 0 Å². The molecular formula is C35H21N3. The third-order valence-electron chi connectivity index (χ3n) is 7.22. The molecule has 3 heteroatoms. The highest BCUT2D eigenvalue weighted by Crippen LogP contribution is 2.45. The number of benzene rings is 5. The fourth-order valence-corrected chi connectivity index (χ4v) is 5.57. The lowest BCUT2D eigenvalue weighted by atomic mass is 9.85. The molecule has 38 heavy (non-hydrogen) atoms. The van der Waals surface area contributed by atoms with E-state index in [9.17, 15) is 5.26 Å². The van der Waals surface area contributed by atoms with Crippen molar-refractivity contribution >= 4 is 32.3 Å². The van der Waals surface area contributed by atoms with Crippen molar-refractivity contribution in [2.75, 3.05) is 0 Å². The van der Waals surface area contributed by atoms with Crippen molar-refractivity contribution in [2.24, 2.45) is 0 Å². The Morgan fingerprint density at radius 3 is 1.68 bits per heavy atom. The van der Waals surface area contributed by atoms with Gasteiger partial charge in [-0.05, 0) is 61.1 Å². The molecule has 3 nitrogen and oxygen atoms in total. The smallest absolute Gasteiger partial charge is 0.101 e. The molecule has 0 aliphatic carbocycles. The minimum Gasteiger partial charge on any atom is -0.263 e. The molecule has 0 aliphatic rings. The highest BCUT2D eigenvalue weighted by atomic mass is 14.6. The molecule has 0 saturated heterocycles. The first-order chi connectivity index (χ1) is 18.8. The highest BCUT2D eigenvalue weighted by molar-refractivity contribution is 6.23. The summed E-state index contributed by atoms with van der Waals surface area (Å²) in [5, 5.41) is 16.6. The molecule has 7 aromatic rings. The van der Waals surface area contributed by atoms with Gasteiger partial charge in [-0.1, -0.05) is 91.0 Å². The minimum absolute atomic E-state index is 0.531. The maximum atomic E-state index is 9.36. The predicted molar refractivity (Wildman–Crippen MR) is 156 cm³/mol. The molecule has 7 rings (SSSR count). The van der Waals surface area contributed by atoms with Gasteiger partial charge < -0.3 is 0 Å². The van der Waals surface area contributed by atoms with E-state index in [0.717, 1.165) is 22.3 Å². The Morgan fingerprint density at radius 2 is 1.00 bits per heavy atom. The lowest BCUT2D eigenvalue weighted by Crippen LogP contribution is -1.92. The number of rotatable bonds is 3. The van der Waals surface area contributed by atoms with Crippen molar-refractivity contribution in [1.29, 1.82) is 5.26 Å². The number of nitriles is 1. The van der Waals surface area contributed by atoms with Crippen LogP contribution in [-0.4, -0.2) is 9.97 Å². The summed E-state index contributed by atoms with van der Waals surface area (Å²) in [6.07, 6.45) is 7.11. The second-order valence-electron chi connectivity index (χ2n) is 9.40. The van der Waals surface area contributed by atoms with Gasteiger partial charge in [0.2, 0.25) is 0 Å². The Labute approximate surface area is 220 Å². The third kappa shape index (κ3) is 3.51. The molecular weight excluding hydrogens is 462 g/mol. The Kier molecular flexibility index (Phi) is 5.17. The Hall–Kier alpha value is -5.33. The molecule has 176 valence electrons. The number of hydrogen-bond acceptors (Lipinski definition) is 3. The minimum atomic E-state index is 0.531. The van der Waals surface area contributed by atoms with Crippen LogP contribution in [0.4, 0.5) is 0 Å². The fourth-order valence-electron chi connectivity index (χ4n) is 5.57. The van der Waals surface area contributed by atoms with E-state index in [0.29, 0.717) is 5.56 Å². The Morgan fingerprint density at radius 1 is 0.474 bits per heavy atom. The molecule has 0 N–H and O–H groups in total. The normalized spacial score (nSPS) is 11.1. The van der Waals surface area contributed by atoms with Crippen molar-refractivity contribution in [2.45, 2.75) is 0 Å². The average Bonchev–Trinajstić information content (AvgIpc) is 2.99. The molecule has 0 aliphatic heterocycles. The van der Waals surface area contributed by atoms with E-state index >= 15 is 0 Å². The summed E-state index contributed by atoms with van der Waals surface area (Å²) >= 11 is 0. The third-order valence-corrected chi connectivity index (χ3v) is 7.22. The summed E-state index contributed by atoms with van der Waals surface area (Å²) in [6.45, 7) is 0. The molecule has 2 heterocycles. The van der Waals surface area contributed by atoms with Gasteiger partial charge in [-0.3, -0.25) is 9.97 Å². The summed E-state index contributed by atoms with van der Waals surface area (Å²) in [6, 6.07) is 38.6. The van der Waals surface area contributed by atoms with Crippen molar-refractivity contribution < 1.29 is 0 Å². The van der Waals surface area contributed by atoms with Crippen LogP contribution in [0.1, 0.15) is 5.56 Å². The van der Waals surface area contributed by atoms with Crippen molar-refractivity contribution in [3.05, 3.63) is 133 Å². The predicted octanol–water partition coefficient (Wildman–Crippen LogP) is 8.81. The zero-order valence-corrected chi connectivity index (χ0v) is 20.5. The van der Waals surface area contributed by atoms with Gasteiger partial charge in [0.05, 0.1) is 5.56 Å². The maximum absolute atomic E-state index is 9.36. The van der Waals surface area contributed by atoms with E-state index in [1.807, 2.05) is 18.5 Å². The second-order valence-corrected chi connectivity index (χ2v) is 9.40. The van der Waals surface area contributed by atoms with E-state index in [1.165, 1.54) is 43.4 Å². The largest absolute Gasteiger partial charge is 0.263 e. The molecule has 0 fully saturated rings. The van der Waals surface area contributed by atoms with E-state index in [4.69, 9.17) is 0 Å². The number of nitrogens with zero attached hydrogens (tertiary/aromatic N) is 3. The van der Waals surface area contributed by atoms with Crippen LogP contribution in [0, 0.1) is 11.3 Å². The standard InChI is InChI=1S/C35H21N3/c36-18-23-16-25(20-37-19-23)26-17-27(22-38-21-26)34-30-11-3-5-13-32(30)35(33-14-6-4-12-31(33)34)29-15-7-9-24-8-1-2-10-28(24)29/h1-17,19-22H. The average molecular weight is 484 g/mol. The zero-order valence-electron chi connectivity index (χ0n) is 20.5. The monoisotopic (exact) mass is 483 g/mol. The van der Waals surface area contributed by atoms with Gasteiger partial charge in [0.1, 0.15) is 6.07 Å². The number of fused-ring (bicyclic) bond motifs is 3. The number of aromatic nitrogens is 2. The Balaban J connectivity index is 1.56. The van der Waals surface area contributed by atoms with Gasteiger partial charge in [-0.2, -0.15) is 5.26 Å². The van der Waals surface area contributed by atoms with E-state index in [2.05, 4.69) is 113 Å². The van der Waals surface area contributed by atoms with Crippen LogP contribution in [-0.2, 0) is 0 Å². The highest BCUT2D eigenvalue weighted by Gasteiger charge is 2.18. The molecule has 2 aromatic heterocycles. The maximum Gasteiger partial charge on any atom is 0.101 e. The zero-order chi connectivity index (χ0) is 25.5. The second kappa shape index (κ2) is 8.96. The van der Waals surface area contributed by atoms with Gasteiger partial charge >= 0.3 is 0 Å². The summed E-state index contributed by atoms with van der Waals surface area (Å²) < 4.78 is 0. The van der Waals surface area contributed by atoms with Crippen molar-refractivity contribution in [3.8, 4) is 39.4 Å². The quantitative estimate of drug-likeness (QED) is 0.236. The van der Waals surface area contributed by atoms with Gasteiger partial charge in [0, 0.05) is 41.5 Å². The van der Waals surface area contributed by atoms with E-state index < -0.39 is 0 Å². The van der Waals surface area contributed by atoms with Crippen LogP contribution in [0.2, 0.25) is 0 Å². The van der Waals surface area contributed by atoms with Crippen LogP contribution >= 0.6 is 0 Å². The molecule has 0 radical (unpaired) electrons. The summed E-state index contributed by atoms with van der Waals surface area (Å²) in [5.41, 5.74) is 6.99. The first kappa shape index (κ1) is 21.9. The van der Waals surface area contributed by atoms with Crippen LogP contribution < -0.4 is 0 Å². The van der Waals surface area contributed by atoms with Gasteiger partial charge in [-0.15, -0.1) is 0 Å². The van der Waals surface area contributed by atoms with Crippen LogP contribution in [0.3, 0.4) is 0 Å². The first-order valence-electron chi connectivity index (χ1n) is 12.5. The summed E-state index contributed by atoms with van der Waals surface area (Å²) in [5.74, 6) is 0. The number of pyridine rings is 2.